The van der Waals surface area contributed by atoms with Crippen LogP contribution in [0.25, 0.3) is 0 Å². The molecular weight excluding hydrogens is 244 g/mol. The van der Waals surface area contributed by atoms with Gasteiger partial charge in [-0.05, 0) is 38.6 Å². The number of aliphatic hydroxyl groups is 1. The van der Waals surface area contributed by atoms with Crippen molar-refractivity contribution in [2.75, 3.05) is 13.2 Å². The summed E-state index contributed by atoms with van der Waals surface area (Å²) in [7, 11) is 0. The van der Waals surface area contributed by atoms with Crippen molar-refractivity contribution in [1.29, 1.82) is 0 Å². The third-order valence-electron chi connectivity index (χ3n) is 4.34. The minimum Gasteiger partial charge on any atom is -0.394 e. The number of ether oxygens (including phenoxy) is 1. The monoisotopic (exact) mass is 270 g/mol. The molecule has 3 atom stereocenters. The minimum atomic E-state index is -0.282. The third-order valence-corrected chi connectivity index (χ3v) is 4.34. The molecule has 1 saturated carbocycles. The van der Waals surface area contributed by atoms with Gasteiger partial charge in [-0.25, -0.2) is 0 Å². The van der Waals surface area contributed by atoms with E-state index in [0.29, 0.717) is 6.54 Å². The standard InChI is InChI=1S/C14H26N2O3/c15-8-7-11-5-6-12(13(9-17)19-11)16-14(18)10-3-1-2-4-10/h10-13,17H,1-9,15H2,(H,16,18)/t11-,12+,13-/m0/s1. The zero-order valence-corrected chi connectivity index (χ0v) is 11.5. The minimum absolute atomic E-state index is 0.0450. The summed E-state index contributed by atoms with van der Waals surface area (Å²) in [5.41, 5.74) is 5.53. The Morgan fingerprint density at radius 2 is 2.00 bits per heavy atom. The number of hydrogen-bond acceptors (Lipinski definition) is 4. The van der Waals surface area contributed by atoms with E-state index in [0.717, 1.165) is 44.9 Å². The molecule has 0 aromatic heterocycles. The molecule has 4 N–H and O–H groups in total. The third kappa shape index (κ3) is 3.91. The molecule has 0 bridgehead atoms. The first-order valence-corrected chi connectivity index (χ1v) is 7.51. The lowest BCUT2D eigenvalue weighted by Gasteiger charge is -2.36. The lowest BCUT2D eigenvalue weighted by Crippen LogP contribution is -2.52. The summed E-state index contributed by atoms with van der Waals surface area (Å²) >= 11 is 0. The first-order chi connectivity index (χ1) is 9.24. The molecule has 110 valence electrons. The Morgan fingerprint density at radius 3 is 2.63 bits per heavy atom. The fraction of sp³-hybridized carbons (Fsp3) is 0.929. The summed E-state index contributed by atoms with van der Waals surface area (Å²) in [5.74, 6) is 0.308. The Bertz CT molecular complexity index is 292. The van der Waals surface area contributed by atoms with Crippen molar-refractivity contribution >= 4 is 5.91 Å². The van der Waals surface area contributed by atoms with Gasteiger partial charge in [0, 0.05) is 5.92 Å². The van der Waals surface area contributed by atoms with Crippen LogP contribution < -0.4 is 11.1 Å². The highest BCUT2D eigenvalue weighted by atomic mass is 16.5. The van der Waals surface area contributed by atoms with Crippen LogP contribution in [-0.4, -0.2) is 42.4 Å². The van der Waals surface area contributed by atoms with Crippen molar-refractivity contribution in [1.82, 2.24) is 5.32 Å². The van der Waals surface area contributed by atoms with Crippen LogP contribution in [0.4, 0.5) is 0 Å². The Labute approximate surface area is 114 Å². The predicted octanol–water partition coefficient (Wildman–Crippen LogP) is 0.550. The number of carbonyl (C=O) groups excluding carboxylic acids is 1. The van der Waals surface area contributed by atoms with E-state index in [1.165, 1.54) is 0 Å². The maximum Gasteiger partial charge on any atom is 0.223 e. The van der Waals surface area contributed by atoms with Crippen molar-refractivity contribution in [2.45, 2.75) is 63.2 Å². The quantitative estimate of drug-likeness (QED) is 0.681. The normalized spacial score (nSPS) is 32.4. The molecule has 0 aromatic rings. The van der Waals surface area contributed by atoms with E-state index in [9.17, 15) is 9.90 Å². The summed E-state index contributed by atoms with van der Waals surface area (Å²) in [6.07, 6.45) is 6.75. The van der Waals surface area contributed by atoms with E-state index in [1.807, 2.05) is 0 Å². The Morgan fingerprint density at radius 1 is 1.26 bits per heavy atom. The van der Waals surface area contributed by atoms with Crippen LogP contribution in [0.3, 0.4) is 0 Å². The van der Waals surface area contributed by atoms with Crippen LogP contribution in [0, 0.1) is 5.92 Å². The first kappa shape index (κ1) is 14.8. The number of aliphatic hydroxyl groups excluding tert-OH is 1. The highest BCUT2D eigenvalue weighted by molar-refractivity contribution is 5.79. The largest absolute Gasteiger partial charge is 0.394 e. The zero-order valence-electron chi connectivity index (χ0n) is 11.5. The average Bonchev–Trinajstić information content (AvgIpc) is 2.94. The van der Waals surface area contributed by atoms with Gasteiger partial charge in [-0.1, -0.05) is 12.8 Å². The van der Waals surface area contributed by atoms with Crippen LogP contribution in [0.1, 0.15) is 44.9 Å². The molecule has 19 heavy (non-hydrogen) atoms. The van der Waals surface area contributed by atoms with Crippen molar-refractivity contribution in [2.24, 2.45) is 11.7 Å². The van der Waals surface area contributed by atoms with E-state index in [4.69, 9.17) is 10.5 Å². The highest BCUT2D eigenvalue weighted by Crippen LogP contribution is 2.26. The van der Waals surface area contributed by atoms with Crippen molar-refractivity contribution in [3.05, 3.63) is 0 Å². The molecule has 2 rings (SSSR count). The number of nitrogens with one attached hydrogen (secondary N) is 1. The smallest absolute Gasteiger partial charge is 0.223 e. The van der Waals surface area contributed by atoms with Gasteiger partial charge in [0.25, 0.3) is 0 Å². The van der Waals surface area contributed by atoms with E-state index in [2.05, 4.69) is 5.32 Å². The van der Waals surface area contributed by atoms with E-state index >= 15 is 0 Å². The Kier molecular flexibility index (Phi) is 5.60. The number of amides is 1. The Balaban J connectivity index is 1.83. The molecule has 1 heterocycles. The summed E-state index contributed by atoms with van der Waals surface area (Å²) in [6.45, 7) is 0.554. The summed E-state index contributed by atoms with van der Waals surface area (Å²) in [6, 6.07) is -0.0490. The summed E-state index contributed by atoms with van der Waals surface area (Å²) in [5, 5.41) is 12.5. The number of hydrogen-bond donors (Lipinski definition) is 3. The lowest BCUT2D eigenvalue weighted by molar-refractivity contribution is -0.131. The van der Waals surface area contributed by atoms with Crippen molar-refractivity contribution in [3.63, 3.8) is 0 Å². The van der Waals surface area contributed by atoms with Gasteiger partial charge in [0.15, 0.2) is 0 Å². The van der Waals surface area contributed by atoms with Gasteiger partial charge < -0.3 is 20.9 Å². The molecule has 0 radical (unpaired) electrons. The summed E-state index contributed by atoms with van der Waals surface area (Å²) < 4.78 is 5.81. The van der Waals surface area contributed by atoms with Crippen LogP contribution in [-0.2, 0) is 9.53 Å². The van der Waals surface area contributed by atoms with Gasteiger partial charge in [0.05, 0.1) is 18.8 Å². The van der Waals surface area contributed by atoms with Gasteiger partial charge >= 0.3 is 0 Å². The van der Waals surface area contributed by atoms with Gasteiger partial charge in [-0.2, -0.15) is 0 Å². The van der Waals surface area contributed by atoms with Gasteiger partial charge in [-0.15, -0.1) is 0 Å². The van der Waals surface area contributed by atoms with Crippen LogP contribution in [0.5, 0.6) is 0 Å². The molecule has 5 heteroatoms. The predicted molar refractivity (Wildman–Crippen MR) is 72.5 cm³/mol. The van der Waals surface area contributed by atoms with Crippen LogP contribution in [0.2, 0.25) is 0 Å². The molecule has 2 fully saturated rings. The molecule has 1 aliphatic carbocycles. The van der Waals surface area contributed by atoms with E-state index < -0.39 is 0 Å². The molecule has 2 aliphatic rings. The fourth-order valence-corrected chi connectivity index (χ4v) is 3.18. The Hall–Kier alpha value is -0.650. The second-order valence-electron chi connectivity index (χ2n) is 5.73. The van der Waals surface area contributed by atoms with Gasteiger partial charge in [0.2, 0.25) is 5.91 Å². The van der Waals surface area contributed by atoms with E-state index in [-0.39, 0.29) is 36.7 Å². The maximum absolute atomic E-state index is 12.1. The molecule has 0 unspecified atom stereocenters. The molecule has 5 nitrogen and oxygen atoms in total. The maximum atomic E-state index is 12.1. The van der Waals surface area contributed by atoms with E-state index in [1.54, 1.807) is 0 Å². The highest BCUT2D eigenvalue weighted by Gasteiger charge is 2.33. The molecular formula is C14H26N2O3. The lowest BCUT2D eigenvalue weighted by atomic mass is 9.96. The number of nitrogens with two attached hydrogens (primary N) is 1. The van der Waals surface area contributed by atoms with Crippen molar-refractivity contribution in [3.8, 4) is 0 Å². The molecule has 1 aliphatic heterocycles. The fourth-order valence-electron chi connectivity index (χ4n) is 3.18. The molecule has 0 spiro atoms. The molecule has 1 amide bonds. The molecule has 1 saturated heterocycles. The van der Waals surface area contributed by atoms with Gasteiger partial charge in [-0.3, -0.25) is 4.79 Å². The zero-order chi connectivity index (χ0) is 13.7. The number of carbonyl (C=O) groups is 1. The van der Waals surface area contributed by atoms with Crippen LogP contribution >= 0.6 is 0 Å². The van der Waals surface area contributed by atoms with Crippen molar-refractivity contribution < 1.29 is 14.6 Å². The SMILES string of the molecule is NCC[C@@H]1CC[C@@H](NC(=O)C2CCCC2)[C@H](CO)O1. The summed E-state index contributed by atoms with van der Waals surface area (Å²) in [4.78, 5) is 12.1. The average molecular weight is 270 g/mol. The second-order valence-corrected chi connectivity index (χ2v) is 5.73. The number of rotatable bonds is 5. The topological polar surface area (TPSA) is 84.6 Å². The second kappa shape index (κ2) is 7.22. The molecule has 0 aromatic carbocycles. The van der Waals surface area contributed by atoms with Crippen LogP contribution in [0.15, 0.2) is 0 Å². The van der Waals surface area contributed by atoms with Gasteiger partial charge in [0.1, 0.15) is 6.10 Å². The first-order valence-electron chi connectivity index (χ1n) is 7.51.